The molecular weight excluding hydrogens is 1110 g/mol. The van der Waals surface area contributed by atoms with E-state index < -0.39 is 82.1 Å². The van der Waals surface area contributed by atoms with E-state index in [9.17, 15) is 77.1 Å². The number of rotatable bonds is 26. The topological polar surface area (TPSA) is 450 Å². The van der Waals surface area contributed by atoms with Gasteiger partial charge in [0.1, 0.15) is 12.6 Å². The summed E-state index contributed by atoms with van der Waals surface area (Å²) in [6.45, 7) is -1.25. The molecule has 0 atom stereocenters. The van der Waals surface area contributed by atoms with Crippen LogP contribution >= 0.6 is 0 Å². The molecule has 0 unspecified atom stereocenters. The Bertz CT molecular complexity index is 3240. The molecule has 5 rings (SSSR count). The number of anilines is 4. The quantitative estimate of drug-likeness (QED) is 0.0236. The van der Waals surface area contributed by atoms with Gasteiger partial charge in [-0.3, -0.25) is 48.4 Å². The largest absolute Gasteiger partial charge is 0.480 e. The molecule has 1 saturated heterocycles. The number of sulfonamides is 4. The van der Waals surface area contributed by atoms with Crippen molar-refractivity contribution in [3.63, 3.8) is 0 Å². The van der Waals surface area contributed by atoms with Gasteiger partial charge in [-0.05, 0) is 97.1 Å². The number of carboxylic acids is 1. The highest BCUT2D eigenvalue weighted by Gasteiger charge is 2.32. The molecule has 1 aliphatic rings. The maximum Gasteiger partial charge on any atom is 0.317 e. The molecule has 1 fully saturated rings. The normalized spacial score (nSPS) is 13.2. The Hall–Kier alpha value is -7.28. The first-order valence-corrected chi connectivity index (χ1v) is 28.4. The Kier molecular flexibility index (Phi) is 24.1. The molecule has 4 aromatic carbocycles. The molecule has 1 heterocycles. The van der Waals surface area contributed by atoms with Gasteiger partial charge in [-0.15, -0.1) is 0 Å². The number of nitrogens with zero attached hydrogens (tertiary/aromatic N) is 5. The third kappa shape index (κ3) is 21.6. The molecule has 0 aromatic heterocycles. The lowest BCUT2D eigenvalue weighted by molar-refractivity contribution is -0.139. The third-order valence-electron chi connectivity index (χ3n) is 10.6. The number of imide groups is 1. The average Bonchev–Trinajstić information content (AvgIpc) is 3.32. The lowest BCUT2D eigenvalue weighted by Crippen LogP contribution is -2.55. The first-order valence-electron chi connectivity index (χ1n) is 22.2. The summed E-state index contributed by atoms with van der Waals surface area (Å²) >= 11 is 0. The van der Waals surface area contributed by atoms with Gasteiger partial charge in [0, 0.05) is 43.2 Å². The summed E-state index contributed by atoms with van der Waals surface area (Å²) in [5.74, 6) is -3.81. The van der Waals surface area contributed by atoms with Crippen molar-refractivity contribution in [2.24, 2.45) is 20.6 Å². The van der Waals surface area contributed by atoms with Gasteiger partial charge < -0.3 is 30.6 Å². The molecular formula is C45H58N12O17S4. The minimum Gasteiger partial charge on any atom is -0.480 e. The van der Waals surface area contributed by atoms with E-state index in [1.54, 1.807) is 4.90 Å². The van der Waals surface area contributed by atoms with Crippen LogP contribution in [-0.4, -0.2) is 185 Å². The molecule has 0 aliphatic carbocycles. The van der Waals surface area contributed by atoms with E-state index >= 15 is 0 Å². The molecule has 0 radical (unpaired) electrons. The van der Waals surface area contributed by atoms with Crippen LogP contribution in [0.1, 0.15) is 7.43 Å². The van der Waals surface area contributed by atoms with Crippen LogP contribution < -0.4 is 41.4 Å². The second-order valence-electron chi connectivity index (χ2n) is 16.6. The third-order valence-corrected chi connectivity index (χ3v) is 14.3. The van der Waals surface area contributed by atoms with E-state index in [1.165, 1.54) is 112 Å². The Morgan fingerprint density at radius 2 is 0.782 bits per heavy atom. The number of hydrogen-bond acceptors (Lipinski definition) is 20. The summed E-state index contributed by atoms with van der Waals surface area (Å²) < 4.78 is 90.9. The molecule has 12 N–H and O–H groups in total. The van der Waals surface area contributed by atoms with Crippen molar-refractivity contribution in [1.82, 2.24) is 19.6 Å². The summed E-state index contributed by atoms with van der Waals surface area (Å²) in [6.07, 6.45) is 1.18. The minimum absolute atomic E-state index is 0. The van der Waals surface area contributed by atoms with Crippen LogP contribution in [0.15, 0.2) is 117 Å². The zero-order valence-corrected chi connectivity index (χ0v) is 43.8. The van der Waals surface area contributed by atoms with Crippen LogP contribution in [0.2, 0.25) is 0 Å². The fourth-order valence-electron chi connectivity index (χ4n) is 7.00. The van der Waals surface area contributed by atoms with Crippen LogP contribution in [-0.2, 0) is 78.4 Å². The Morgan fingerprint density at radius 1 is 0.487 bits per heavy atom. The number of amides is 5. The smallest absolute Gasteiger partial charge is 0.317 e. The number of hydrogen-bond donors (Lipinski definition) is 8. The lowest BCUT2D eigenvalue weighted by atomic mass is 10.2. The van der Waals surface area contributed by atoms with Gasteiger partial charge in [-0.1, -0.05) is 7.43 Å². The zero-order chi connectivity index (χ0) is 57.3. The van der Waals surface area contributed by atoms with E-state index in [1.807, 2.05) is 0 Å². The SMILES string of the molecule is C.NS(=O)(=O)c1ccc(NC(=O)CN(CC=O)CCN(CC(=O)O)CC(=O)Nc2ccc(S(N)(=O)=O)cc2)cc1.NS(=O)(=O)c1ccc(NC(=O)CN(CC=O)CCN2CC(=O)N(c3ccc(S(N)(=O)=O)cc3)C(=O)C2)cc1. The fraction of sp³-hybridized carbons (Fsp3) is 0.289. The highest BCUT2D eigenvalue weighted by molar-refractivity contribution is 7.90. The maximum atomic E-state index is 12.7. The van der Waals surface area contributed by atoms with Gasteiger partial charge in [-0.2, -0.15) is 0 Å². The van der Waals surface area contributed by atoms with E-state index in [0.717, 1.165) is 4.90 Å². The lowest BCUT2D eigenvalue weighted by Gasteiger charge is -2.33. The second kappa shape index (κ2) is 28.9. The number of nitrogens with two attached hydrogens (primary N) is 4. The average molecular weight is 1170 g/mol. The van der Waals surface area contributed by atoms with Gasteiger partial charge in [0.05, 0.1) is 77.6 Å². The molecule has 0 spiro atoms. The number of carbonyl (C=O) groups excluding carboxylic acids is 7. The molecule has 5 amide bonds. The van der Waals surface area contributed by atoms with Crippen LogP contribution in [0.3, 0.4) is 0 Å². The molecule has 78 heavy (non-hydrogen) atoms. The second-order valence-corrected chi connectivity index (χ2v) is 22.9. The number of aldehydes is 2. The van der Waals surface area contributed by atoms with Gasteiger partial charge >= 0.3 is 5.97 Å². The van der Waals surface area contributed by atoms with Gasteiger partial charge in [-0.25, -0.2) is 59.1 Å². The molecule has 1 aliphatic heterocycles. The summed E-state index contributed by atoms with van der Waals surface area (Å²) in [7, 11) is -15.6. The number of carbonyl (C=O) groups is 8. The van der Waals surface area contributed by atoms with Crippen molar-refractivity contribution in [2.45, 2.75) is 27.0 Å². The minimum atomic E-state index is -3.92. The number of carboxylic acid groups (broad SMARTS) is 1. The van der Waals surface area contributed by atoms with Gasteiger partial charge in [0.2, 0.25) is 69.6 Å². The number of aliphatic carboxylic acids is 1. The van der Waals surface area contributed by atoms with Gasteiger partial charge in [0.15, 0.2) is 0 Å². The molecule has 29 nitrogen and oxygen atoms in total. The van der Waals surface area contributed by atoms with Crippen LogP contribution in [0.25, 0.3) is 0 Å². The van der Waals surface area contributed by atoms with E-state index in [4.69, 9.17) is 20.6 Å². The van der Waals surface area contributed by atoms with E-state index in [2.05, 4.69) is 16.0 Å². The van der Waals surface area contributed by atoms with Crippen LogP contribution in [0.5, 0.6) is 0 Å². The maximum absolute atomic E-state index is 12.7. The summed E-state index contributed by atoms with van der Waals surface area (Å²) in [5.41, 5.74) is 1.10. The summed E-state index contributed by atoms with van der Waals surface area (Å²) in [5, 5.41) is 37.1. The van der Waals surface area contributed by atoms with Crippen molar-refractivity contribution in [2.75, 3.05) is 99.4 Å². The predicted molar refractivity (Wildman–Crippen MR) is 282 cm³/mol. The van der Waals surface area contributed by atoms with Crippen molar-refractivity contribution < 1.29 is 77.1 Å². The molecule has 0 saturated carbocycles. The Labute approximate surface area is 449 Å². The van der Waals surface area contributed by atoms with Crippen molar-refractivity contribution in [3.8, 4) is 0 Å². The van der Waals surface area contributed by atoms with E-state index in [0.29, 0.717) is 23.9 Å². The van der Waals surface area contributed by atoms with Crippen LogP contribution in [0.4, 0.5) is 22.7 Å². The molecule has 424 valence electrons. The number of nitrogens with one attached hydrogen (secondary N) is 3. The van der Waals surface area contributed by atoms with Crippen molar-refractivity contribution >= 4 is 111 Å². The fourth-order valence-corrected chi connectivity index (χ4v) is 9.06. The molecule has 4 aromatic rings. The van der Waals surface area contributed by atoms with E-state index in [-0.39, 0.29) is 110 Å². The molecule has 0 bridgehead atoms. The monoisotopic (exact) mass is 1170 g/mol. The van der Waals surface area contributed by atoms with Crippen molar-refractivity contribution in [3.05, 3.63) is 97.1 Å². The van der Waals surface area contributed by atoms with Crippen LogP contribution in [0, 0.1) is 0 Å². The van der Waals surface area contributed by atoms with Crippen molar-refractivity contribution in [1.29, 1.82) is 0 Å². The highest BCUT2D eigenvalue weighted by atomic mass is 32.2. The summed E-state index contributed by atoms with van der Waals surface area (Å²) in [4.78, 5) is 102. The first kappa shape index (κ1) is 65.0. The number of primary sulfonamides is 4. The number of piperazine rings is 1. The highest BCUT2D eigenvalue weighted by Crippen LogP contribution is 2.21. The molecule has 33 heteroatoms. The first-order chi connectivity index (χ1) is 35.9. The Balaban J connectivity index is 0.000000405. The Morgan fingerprint density at radius 3 is 1.09 bits per heavy atom. The standard InChI is InChI=1S/C22H28N6O9S2.C22H26N6O8S2.CH4/c23-38(34,35)18-5-1-16(2-6-18)25-20(30)13-27(11-12-29)9-10-28(15-22(32)33)14-21(31)26-17-3-7-19(8-4-17)39(24,36)37;23-37(33,34)18-5-1-16(2-6-18)25-20(30)13-26(11-12-29)9-10-27-14-21(31)28(22(32)15-27)17-3-7-19(8-4-17)38(24,35)36;/h1-8,12H,9-11,13-15H2,(H,25,30)(H,26,31)(H,32,33)(H2,23,34,35)(H2,24,36,37);1-8,12H,9-11,13-15H2,(H,25,30)(H2,23,33,34)(H2,24,35,36);1H4. The predicted octanol–water partition coefficient (Wildman–Crippen LogP) is -2.62. The van der Waals surface area contributed by atoms with Gasteiger partial charge in [0.25, 0.3) is 0 Å². The zero-order valence-electron chi connectivity index (χ0n) is 40.5. The summed E-state index contributed by atoms with van der Waals surface area (Å²) in [6, 6.07) is 20.5. The number of benzene rings is 4.